The van der Waals surface area contributed by atoms with Crippen LogP contribution in [-0.4, -0.2) is 30.1 Å². The topological polar surface area (TPSA) is 96.5 Å². The zero-order valence-electron chi connectivity index (χ0n) is 16.5. The van der Waals surface area contributed by atoms with Crippen LogP contribution in [0.15, 0.2) is 53.0 Å². The van der Waals surface area contributed by atoms with Gasteiger partial charge in [0.1, 0.15) is 5.60 Å². The van der Waals surface area contributed by atoms with Crippen LogP contribution in [-0.2, 0) is 9.53 Å². The van der Waals surface area contributed by atoms with Crippen molar-refractivity contribution in [3.8, 4) is 0 Å². The summed E-state index contributed by atoms with van der Waals surface area (Å²) in [5.41, 5.74) is 0.882. The van der Waals surface area contributed by atoms with Crippen LogP contribution in [0.4, 0.5) is 16.2 Å². The zero-order valence-corrected chi connectivity index (χ0v) is 18.1. The lowest BCUT2D eigenvalue weighted by Gasteiger charge is -2.19. The highest BCUT2D eigenvalue weighted by Gasteiger charge is 2.16. The first-order chi connectivity index (χ1) is 13.6. The summed E-state index contributed by atoms with van der Waals surface area (Å²) in [6.07, 6.45) is -0.461. The molecule has 0 heterocycles. The monoisotopic (exact) mass is 461 g/mol. The number of ether oxygens (including phenoxy) is 1. The van der Waals surface area contributed by atoms with Gasteiger partial charge in [0, 0.05) is 34.4 Å². The van der Waals surface area contributed by atoms with Crippen molar-refractivity contribution in [3.05, 3.63) is 58.6 Å². The summed E-state index contributed by atoms with van der Waals surface area (Å²) in [6, 6.07) is 13.7. The van der Waals surface area contributed by atoms with Gasteiger partial charge in [0.25, 0.3) is 5.91 Å². The van der Waals surface area contributed by atoms with Crippen molar-refractivity contribution in [3.63, 3.8) is 0 Å². The smallest absolute Gasteiger partial charge is 0.412 e. The van der Waals surface area contributed by atoms with Crippen LogP contribution >= 0.6 is 15.9 Å². The second kappa shape index (κ2) is 10.1. The summed E-state index contributed by atoms with van der Waals surface area (Å²) in [4.78, 5) is 36.1. The van der Waals surface area contributed by atoms with Gasteiger partial charge in [-0.15, -0.1) is 0 Å². The zero-order chi connectivity index (χ0) is 21.4. The summed E-state index contributed by atoms with van der Waals surface area (Å²) in [6.45, 7) is 5.49. The first-order valence-corrected chi connectivity index (χ1v) is 9.85. The van der Waals surface area contributed by atoms with Gasteiger partial charge < -0.3 is 15.4 Å². The molecule has 0 saturated carbocycles. The molecule has 2 aromatic carbocycles. The van der Waals surface area contributed by atoms with E-state index in [4.69, 9.17) is 4.74 Å². The van der Waals surface area contributed by atoms with E-state index >= 15 is 0 Å². The fraction of sp³-hybridized carbons (Fsp3) is 0.286. The standard InChI is InChI=1S/C21H24BrN3O4/c1-21(2,3)29-20(28)25-17-6-4-5-14(13-17)19(27)23-12-11-18(26)24-16-9-7-15(22)8-10-16/h4-10,13H,11-12H2,1-3H3,(H,23,27)(H,24,26)(H,25,28). The lowest BCUT2D eigenvalue weighted by molar-refractivity contribution is -0.116. The fourth-order valence-electron chi connectivity index (χ4n) is 2.31. The molecule has 0 bridgehead atoms. The Hall–Kier alpha value is -2.87. The Kier molecular flexibility index (Phi) is 7.78. The van der Waals surface area contributed by atoms with E-state index in [0.29, 0.717) is 16.9 Å². The normalized spacial score (nSPS) is 10.8. The average molecular weight is 462 g/mol. The Labute approximate surface area is 178 Å². The predicted molar refractivity (Wildman–Crippen MR) is 116 cm³/mol. The Bertz CT molecular complexity index is 876. The molecule has 0 aliphatic rings. The molecule has 3 N–H and O–H groups in total. The van der Waals surface area contributed by atoms with Gasteiger partial charge >= 0.3 is 6.09 Å². The lowest BCUT2D eigenvalue weighted by atomic mass is 10.2. The highest BCUT2D eigenvalue weighted by molar-refractivity contribution is 9.10. The Morgan fingerprint density at radius 1 is 0.966 bits per heavy atom. The fourth-order valence-corrected chi connectivity index (χ4v) is 2.57. The van der Waals surface area contributed by atoms with Gasteiger partial charge in [0.2, 0.25) is 5.91 Å². The first-order valence-electron chi connectivity index (χ1n) is 9.06. The minimum absolute atomic E-state index is 0.137. The van der Waals surface area contributed by atoms with Crippen molar-refractivity contribution >= 4 is 45.2 Å². The predicted octanol–water partition coefficient (Wildman–Crippen LogP) is 4.55. The third kappa shape index (κ3) is 8.35. The number of rotatable bonds is 6. The number of anilines is 2. The van der Waals surface area contributed by atoms with E-state index in [2.05, 4.69) is 31.9 Å². The Balaban J connectivity index is 1.82. The summed E-state index contributed by atoms with van der Waals surface area (Å²) in [5, 5.41) is 8.04. The number of carbonyl (C=O) groups is 3. The van der Waals surface area contributed by atoms with E-state index in [1.807, 2.05) is 12.1 Å². The molecule has 0 spiro atoms. The highest BCUT2D eigenvalue weighted by atomic mass is 79.9. The largest absolute Gasteiger partial charge is 0.444 e. The summed E-state index contributed by atoms with van der Waals surface area (Å²) < 4.78 is 6.11. The molecule has 0 aliphatic heterocycles. The van der Waals surface area contributed by atoms with Gasteiger partial charge in [-0.25, -0.2) is 4.79 Å². The van der Waals surface area contributed by atoms with Gasteiger partial charge in [0.05, 0.1) is 0 Å². The molecule has 7 nitrogen and oxygen atoms in total. The van der Waals surface area contributed by atoms with Crippen molar-refractivity contribution in [2.75, 3.05) is 17.2 Å². The lowest BCUT2D eigenvalue weighted by Crippen LogP contribution is -2.28. The molecule has 0 aromatic heterocycles. The maximum absolute atomic E-state index is 12.3. The van der Waals surface area contributed by atoms with Crippen molar-refractivity contribution in [1.29, 1.82) is 0 Å². The van der Waals surface area contributed by atoms with E-state index in [9.17, 15) is 14.4 Å². The molecule has 0 saturated heterocycles. The Morgan fingerprint density at radius 2 is 1.66 bits per heavy atom. The maximum atomic E-state index is 12.3. The van der Waals surface area contributed by atoms with Crippen molar-refractivity contribution in [1.82, 2.24) is 5.32 Å². The Morgan fingerprint density at radius 3 is 2.31 bits per heavy atom. The number of nitrogens with one attached hydrogen (secondary N) is 3. The third-order valence-corrected chi connectivity index (χ3v) is 4.06. The molecule has 29 heavy (non-hydrogen) atoms. The number of hydrogen-bond donors (Lipinski definition) is 3. The van der Waals surface area contributed by atoms with Crippen LogP contribution in [0.25, 0.3) is 0 Å². The number of carbonyl (C=O) groups excluding carboxylic acids is 3. The molecule has 0 radical (unpaired) electrons. The van der Waals surface area contributed by atoms with Crippen LogP contribution in [0.3, 0.4) is 0 Å². The molecule has 2 aromatic rings. The van der Waals surface area contributed by atoms with Gasteiger partial charge in [-0.1, -0.05) is 22.0 Å². The van der Waals surface area contributed by atoms with Crippen LogP contribution in [0, 0.1) is 0 Å². The molecule has 0 aliphatic carbocycles. The minimum Gasteiger partial charge on any atom is -0.444 e. The molecule has 2 rings (SSSR count). The van der Waals surface area contributed by atoms with Crippen LogP contribution in [0.1, 0.15) is 37.6 Å². The minimum atomic E-state index is -0.615. The van der Waals surface area contributed by atoms with Gasteiger partial charge in [0.15, 0.2) is 0 Å². The van der Waals surface area contributed by atoms with Gasteiger partial charge in [-0.2, -0.15) is 0 Å². The van der Waals surface area contributed by atoms with Crippen LogP contribution in [0.2, 0.25) is 0 Å². The first kappa shape index (κ1) is 22.4. The van der Waals surface area contributed by atoms with Crippen molar-refractivity contribution in [2.45, 2.75) is 32.8 Å². The molecule has 0 unspecified atom stereocenters. The van der Waals surface area contributed by atoms with Crippen LogP contribution in [0.5, 0.6) is 0 Å². The van der Waals surface area contributed by atoms with Crippen molar-refractivity contribution < 1.29 is 19.1 Å². The number of hydrogen-bond acceptors (Lipinski definition) is 4. The number of halogens is 1. The van der Waals surface area contributed by atoms with Gasteiger partial charge in [-0.05, 0) is 63.2 Å². The van der Waals surface area contributed by atoms with E-state index in [0.717, 1.165) is 4.47 Å². The quantitative estimate of drug-likeness (QED) is 0.587. The molecule has 154 valence electrons. The summed E-state index contributed by atoms with van der Waals surface area (Å²) in [7, 11) is 0. The van der Waals surface area contributed by atoms with E-state index in [1.165, 1.54) is 0 Å². The molecular weight excluding hydrogens is 438 g/mol. The van der Waals surface area contributed by atoms with Crippen molar-refractivity contribution in [2.24, 2.45) is 0 Å². The molecule has 3 amide bonds. The number of benzene rings is 2. The average Bonchev–Trinajstić information content (AvgIpc) is 2.62. The van der Waals surface area contributed by atoms with E-state index < -0.39 is 11.7 Å². The maximum Gasteiger partial charge on any atom is 0.412 e. The second-order valence-corrected chi connectivity index (χ2v) is 8.18. The van der Waals surface area contributed by atoms with E-state index in [-0.39, 0.29) is 24.8 Å². The summed E-state index contributed by atoms with van der Waals surface area (Å²) in [5.74, 6) is -0.540. The second-order valence-electron chi connectivity index (χ2n) is 7.27. The molecule has 0 atom stereocenters. The molecule has 0 fully saturated rings. The molecular formula is C21H24BrN3O4. The summed E-state index contributed by atoms with van der Waals surface area (Å²) >= 11 is 3.33. The highest BCUT2D eigenvalue weighted by Crippen LogP contribution is 2.15. The molecule has 8 heteroatoms. The SMILES string of the molecule is CC(C)(C)OC(=O)Nc1cccc(C(=O)NCCC(=O)Nc2ccc(Br)cc2)c1. The van der Waals surface area contributed by atoms with Crippen LogP contribution < -0.4 is 16.0 Å². The number of amides is 3. The van der Waals surface area contributed by atoms with E-state index in [1.54, 1.807) is 57.2 Å². The van der Waals surface area contributed by atoms with Gasteiger partial charge in [-0.3, -0.25) is 14.9 Å². The third-order valence-electron chi connectivity index (χ3n) is 3.54.